The quantitative estimate of drug-likeness (QED) is 0.888. The van der Waals surface area contributed by atoms with Gasteiger partial charge in [0.05, 0.1) is 22.3 Å². The summed E-state index contributed by atoms with van der Waals surface area (Å²) in [5.74, 6) is 0. The maximum Gasteiger partial charge on any atom is 0.0991 e. The second-order valence-corrected chi connectivity index (χ2v) is 4.05. The van der Waals surface area contributed by atoms with Crippen molar-refractivity contribution in [2.75, 3.05) is 5.32 Å². The third kappa shape index (κ3) is 2.99. The Morgan fingerprint density at radius 1 is 1.12 bits per heavy atom. The molecule has 0 aliphatic carbocycles. The first-order valence-electron chi connectivity index (χ1n) is 5.27. The van der Waals surface area contributed by atoms with E-state index in [2.05, 4.69) is 11.4 Å². The summed E-state index contributed by atoms with van der Waals surface area (Å²) in [5, 5.41) is 12.7. The highest BCUT2D eigenvalue weighted by atomic mass is 35.5. The number of benzene rings is 2. The maximum atomic E-state index is 8.80. The fourth-order valence-electron chi connectivity index (χ4n) is 1.55. The van der Waals surface area contributed by atoms with Crippen LogP contribution < -0.4 is 5.32 Å². The van der Waals surface area contributed by atoms with E-state index < -0.39 is 0 Å². The van der Waals surface area contributed by atoms with Gasteiger partial charge in [0, 0.05) is 6.54 Å². The van der Waals surface area contributed by atoms with Crippen molar-refractivity contribution in [1.82, 2.24) is 0 Å². The van der Waals surface area contributed by atoms with Crippen molar-refractivity contribution in [2.24, 2.45) is 0 Å². The van der Waals surface area contributed by atoms with Gasteiger partial charge in [-0.05, 0) is 29.8 Å². The number of nitriles is 1. The second-order valence-electron chi connectivity index (χ2n) is 3.65. The first kappa shape index (κ1) is 11.5. The van der Waals surface area contributed by atoms with Crippen LogP contribution in [-0.2, 0) is 6.54 Å². The molecule has 0 aliphatic rings. The van der Waals surface area contributed by atoms with E-state index in [1.807, 2.05) is 42.5 Å². The molecular formula is C14H11ClN2. The lowest BCUT2D eigenvalue weighted by Crippen LogP contribution is -1.99. The topological polar surface area (TPSA) is 35.8 Å². The molecule has 0 heterocycles. The van der Waals surface area contributed by atoms with Crippen LogP contribution in [0.25, 0.3) is 0 Å². The number of nitrogens with zero attached hydrogens (tertiary/aromatic N) is 1. The Kier molecular flexibility index (Phi) is 3.64. The van der Waals surface area contributed by atoms with Crippen molar-refractivity contribution in [3.05, 3.63) is 64.7 Å². The molecule has 2 aromatic carbocycles. The summed E-state index contributed by atoms with van der Waals surface area (Å²) >= 11 is 6.03. The molecule has 2 rings (SSSR count). The van der Waals surface area contributed by atoms with Crippen molar-refractivity contribution in [1.29, 1.82) is 5.26 Å². The van der Waals surface area contributed by atoms with Crippen molar-refractivity contribution in [3.8, 4) is 6.07 Å². The summed E-state index contributed by atoms with van der Waals surface area (Å²) in [4.78, 5) is 0. The first-order valence-corrected chi connectivity index (χ1v) is 5.65. The molecule has 0 radical (unpaired) electrons. The van der Waals surface area contributed by atoms with Gasteiger partial charge in [-0.2, -0.15) is 5.26 Å². The van der Waals surface area contributed by atoms with Crippen molar-refractivity contribution in [2.45, 2.75) is 6.54 Å². The summed E-state index contributed by atoms with van der Waals surface area (Å²) in [6.07, 6.45) is 0. The van der Waals surface area contributed by atoms with E-state index in [0.29, 0.717) is 17.1 Å². The van der Waals surface area contributed by atoms with E-state index in [1.54, 1.807) is 6.07 Å². The minimum atomic E-state index is 0.652. The molecule has 1 N–H and O–H groups in total. The number of hydrogen-bond donors (Lipinski definition) is 1. The van der Waals surface area contributed by atoms with E-state index in [0.717, 1.165) is 11.3 Å². The van der Waals surface area contributed by atoms with Crippen LogP contribution in [0.4, 0.5) is 5.69 Å². The molecule has 0 aromatic heterocycles. The lowest BCUT2D eigenvalue weighted by molar-refractivity contribution is 1.15. The fraction of sp³-hybridized carbons (Fsp3) is 0.0714. The second kappa shape index (κ2) is 5.38. The molecule has 0 unspecified atom stereocenters. The third-order valence-corrected chi connectivity index (χ3v) is 2.74. The van der Waals surface area contributed by atoms with Gasteiger partial charge in [0.2, 0.25) is 0 Å². The highest BCUT2D eigenvalue weighted by Gasteiger charge is 1.99. The Labute approximate surface area is 105 Å². The zero-order valence-electron chi connectivity index (χ0n) is 9.15. The third-order valence-electron chi connectivity index (χ3n) is 2.41. The molecule has 0 aliphatic heterocycles. The van der Waals surface area contributed by atoms with Crippen LogP contribution in [0, 0.1) is 11.3 Å². The molecule has 0 amide bonds. The molecule has 2 nitrogen and oxygen atoms in total. The lowest BCUT2D eigenvalue weighted by atomic mass is 10.1. The molecule has 2 aromatic rings. The van der Waals surface area contributed by atoms with Crippen LogP contribution in [0.1, 0.15) is 11.1 Å². The number of hydrogen-bond acceptors (Lipinski definition) is 2. The van der Waals surface area contributed by atoms with Gasteiger partial charge in [0.15, 0.2) is 0 Å². The largest absolute Gasteiger partial charge is 0.380 e. The molecule has 0 fully saturated rings. The number of rotatable bonds is 3. The zero-order chi connectivity index (χ0) is 12.1. The first-order chi connectivity index (χ1) is 8.29. The van der Waals surface area contributed by atoms with Gasteiger partial charge in [-0.3, -0.25) is 0 Å². The highest BCUT2D eigenvalue weighted by molar-refractivity contribution is 6.33. The predicted molar refractivity (Wildman–Crippen MR) is 69.9 cm³/mol. The Morgan fingerprint density at radius 2 is 1.94 bits per heavy atom. The Balaban J connectivity index is 2.08. The molecule has 3 heteroatoms. The minimum absolute atomic E-state index is 0.652. The van der Waals surface area contributed by atoms with Gasteiger partial charge in [-0.15, -0.1) is 0 Å². The molecule has 0 saturated heterocycles. The van der Waals surface area contributed by atoms with E-state index in [1.165, 1.54) is 0 Å². The summed E-state index contributed by atoms with van der Waals surface area (Å²) in [6.45, 7) is 0.652. The Bertz CT molecular complexity index is 558. The van der Waals surface area contributed by atoms with Crippen molar-refractivity contribution >= 4 is 17.3 Å². The van der Waals surface area contributed by atoms with Crippen LogP contribution in [0.15, 0.2) is 48.5 Å². The summed E-state index contributed by atoms with van der Waals surface area (Å²) in [5.41, 5.74) is 2.63. The van der Waals surface area contributed by atoms with E-state index in [-0.39, 0.29) is 0 Å². The van der Waals surface area contributed by atoms with Crippen molar-refractivity contribution < 1.29 is 0 Å². The average Bonchev–Trinajstić information content (AvgIpc) is 2.38. The van der Waals surface area contributed by atoms with Crippen molar-refractivity contribution in [3.63, 3.8) is 0 Å². The summed E-state index contributed by atoms with van der Waals surface area (Å²) < 4.78 is 0. The maximum absolute atomic E-state index is 8.80. The molecular weight excluding hydrogens is 232 g/mol. The average molecular weight is 243 g/mol. The minimum Gasteiger partial charge on any atom is -0.380 e. The van der Waals surface area contributed by atoms with Crippen LogP contribution >= 0.6 is 11.6 Å². The summed E-state index contributed by atoms with van der Waals surface area (Å²) in [7, 11) is 0. The Morgan fingerprint density at radius 3 is 2.71 bits per heavy atom. The molecule has 17 heavy (non-hydrogen) atoms. The zero-order valence-corrected chi connectivity index (χ0v) is 9.91. The predicted octanol–water partition coefficient (Wildman–Crippen LogP) is 3.82. The van der Waals surface area contributed by atoms with Gasteiger partial charge in [0.1, 0.15) is 0 Å². The smallest absolute Gasteiger partial charge is 0.0991 e. The van der Waals surface area contributed by atoms with Crippen LogP contribution in [0.3, 0.4) is 0 Å². The van der Waals surface area contributed by atoms with Gasteiger partial charge in [-0.25, -0.2) is 0 Å². The molecule has 84 valence electrons. The Hall–Kier alpha value is -1.98. The summed E-state index contributed by atoms with van der Waals surface area (Å²) in [6, 6.07) is 17.2. The normalized spacial score (nSPS) is 9.65. The van der Waals surface area contributed by atoms with Crippen LogP contribution in [-0.4, -0.2) is 0 Å². The van der Waals surface area contributed by atoms with Gasteiger partial charge < -0.3 is 5.32 Å². The number of para-hydroxylation sites is 1. The number of anilines is 1. The number of halogens is 1. The highest BCUT2D eigenvalue weighted by Crippen LogP contribution is 2.21. The molecule has 0 spiro atoms. The number of nitrogens with one attached hydrogen (secondary N) is 1. The fourth-order valence-corrected chi connectivity index (χ4v) is 1.76. The van der Waals surface area contributed by atoms with Crippen LogP contribution in [0.5, 0.6) is 0 Å². The monoisotopic (exact) mass is 242 g/mol. The van der Waals surface area contributed by atoms with Crippen LogP contribution in [0.2, 0.25) is 5.02 Å². The molecule has 0 saturated carbocycles. The van der Waals surface area contributed by atoms with E-state index >= 15 is 0 Å². The SMILES string of the molecule is N#Cc1cccc(CNc2ccccc2Cl)c1. The standard InChI is InChI=1S/C14H11ClN2/c15-13-6-1-2-7-14(13)17-10-12-5-3-4-11(8-12)9-16/h1-8,17H,10H2. The van der Waals surface area contributed by atoms with Gasteiger partial charge in [0.25, 0.3) is 0 Å². The lowest BCUT2D eigenvalue weighted by Gasteiger charge is -2.08. The molecule has 0 bridgehead atoms. The van der Waals surface area contributed by atoms with Gasteiger partial charge in [-0.1, -0.05) is 35.9 Å². The van der Waals surface area contributed by atoms with E-state index in [4.69, 9.17) is 16.9 Å². The van der Waals surface area contributed by atoms with Gasteiger partial charge >= 0.3 is 0 Å². The van der Waals surface area contributed by atoms with E-state index in [9.17, 15) is 0 Å². The molecule has 0 atom stereocenters.